The fourth-order valence-corrected chi connectivity index (χ4v) is 1.46. The molecule has 0 atom stereocenters. The number of hydrogen-bond donors (Lipinski definition) is 1. The Bertz CT molecular complexity index is 580. The molecule has 1 aromatic heterocycles. The largest absolute Gasteiger partial charge is 0.545 e. The molecule has 1 heterocycles. The molecular weight excluding hydrogens is 232 g/mol. The fraction of sp³-hybridized carbons (Fsp3) is 0.167. The number of nitrogens with one attached hydrogen (secondary N) is 1. The number of aromatic nitrogens is 2. The molecular formula is C12H11N4O2-. The van der Waals surface area contributed by atoms with E-state index in [1.54, 1.807) is 12.1 Å². The van der Waals surface area contributed by atoms with Gasteiger partial charge in [-0.05, 0) is 31.5 Å². The minimum absolute atomic E-state index is 0.115. The lowest BCUT2D eigenvalue weighted by atomic mass is 10.2. The Hall–Kier alpha value is -2.50. The van der Waals surface area contributed by atoms with E-state index in [0.717, 1.165) is 11.4 Å². The van der Waals surface area contributed by atoms with Gasteiger partial charge in [-0.1, -0.05) is 12.1 Å². The van der Waals surface area contributed by atoms with Crippen molar-refractivity contribution in [2.24, 2.45) is 10.2 Å². The predicted octanol–water partition coefficient (Wildman–Crippen LogP) is 1.81. The monoisotopic (exact) mass is 243 g/mol. The number of hydrogen-bond acceptors (Lipinski definition) is 5. The first-order valence-electron chi connectivity index (χ1n) is 5.32. The number of benzene rings is 1. The van der Waals surface area contributed by atoms with E-state index in [1.807, 2.05) is 13.8 Å². The summed E-state index contributed by atoms with van der Waals surface area (Å²) in [6, 6.07) is 6.00. The Morgan fingerprint density at radius 3 is 2.39 bits per heavy atom. The van der Waals surface area contributed by atoms with Crippen LogP contribution in [-0.2, 0) is 0 Å². The van der Waals surface area contributed by atoms with Crippen molar-refractivity contribution in [1.82, 2.24) is 10.2 Å². The predicted molar refractivity (Wildman–Crippen MR) is 63.0 cm³/mol. The summed E-state index contributed by atoms with van der Waals surface area (Å²) in [7, 11) is 0. The van der Waals surface area contributed by atoms with E-state index in [0.29, 0.717) is 11.4 Å². The number of azo groups is 1. The number of rotatable bonds is 3. The van der Waals surface area contributed by atoms with Crippen LogP contribution in [0.25, 0.3) is 0 Å². The normalized spacial score (nSPS) is 11.0. The Morgan fingerprint density at radius 2 is 1.89 bits per heavy atom. The first kappa shape index (κ1) is 12.0. The second-order valence-corrected chi connectivity index (χ2v) is 3.82. The molecule has 0 fully saturated rings. The Morgan fingerprint density at radius 1 is 1.22 bits per heavy atom. The zero-order chi connectivity index (χ0) is 13.1. The highest BCUT2D eigenvalue weighted by Gasteiger charge is 2.04. The number of carbonyl (C=O) groups excluding carboxylic acids is 1. The second-order valence-electron chi connectivity index (χ2n) is 3.82. The summed E-state index contributed by atoms with van der Waals surface area (Å²) in [5.41, 5.74) is 2.98. The minimum Gasteiger partial charge on any atom is -0.545 e. The van der Waals surface area contributed by atoms with E-state index in [-0.39, 0.29) is 5.56 Å². The molecule has 1 aromatic carbocycles. The molecule has 0 saturated carbocycles. The van der Waals surface area contributed by atoms with Gasteiger partial charge in [0.1, 0.15) is 5.69 Å². The lowest BCUT2D eigenvalue weighted by Gasteiger charge is -2.00. The van der Waals surface area contributed by atoms with E-state index in [4.69, 9.17) is 0 Å². The van der Waals surface area contributed by atoms with Gasteiger partial charge in [-0.3, -0.25) is 5.10 Å². The van der Waals surface area contributed by atoms with Crippen LogP contribution in [0.4, 0.5) is 11.4 Å². The van der Waals surface area contributed by atoms with Gasteiger partial charge in [0, 0.05) is 0 Å². The van der Waals surface area contributed by atoms with Crippen LogP contribution in [0.5, 0.6) is 0 Å². The van der Waals surface area contributed by atoms with Gasteiger partial charge in [-0.2, -0.15) is 10.2 Å². The molecule has 92 valence electrons. The van der Waals surface area contributed by atoms with E-state index < -0.39 is 5.97 Å². The molecule has 2 aromatic rings. The van der Waals surface area contributed by atoms with Crippen LogP contribution < -0.4 is 5.11 Å². The molecule has 0 spiro atoms. The van der Waals surface area contributed by atoms with Crippen LogP contribution in [0.2, 0.25) is 0 Å². The smallest absolute Gasteiger partial charge is 0.129 e. The maximum Gasteiger partial charge on any atom is 0.129 e. The van der Waals surface area contributed by atoms with Crippen molar-refractivity contribution >= 4 is 17.3 Å². The van der Waals surface area contributed by atoms with Gasteiger partial charge in [-0.15, -0.1) is 5.11 Å². The Balaban J connectivity index is 2.21. The standard InChI is InChI=1S/C12H12N4O2/c1-7-11(8(2)14-13-7)16-15-10-5-3-9(4-6-10)12(17)18/h3-6H,1-2H3,(H,13,14)(H,17,18)/p-1. The first-order chi connectivity index (χ1) is 8.58. The molecule has 2 rings (SSSR count). The number of aromatic carboxylic acids is 1. The van der Waals surface area contributed by atoms with Crippen LogP contribution in [0.1, 0.15) is 21.7 Å². The van der Waals surface area contributed by atoms with Gasteiger partial charge in [0.2, 0.25) is 0 Å². The number of carbonyl (C=O) groups is 1. The summed E-state index contributed by atoms with van der Waals surface area (Å²) < 4.78 is 0. The summed E-state index contributed by atoms with van der Waals surface area (Å²) in [5, 5.41) is 25.5. The van der Waals surface area contributed by atoms with E-state index in [1.165, 1.54) is 12.1 Å². The number of carboxylic acids is 1. The summed E-state index contributed by atoms with van der Waals surface area (Å²) in [6.07, 6.45) is 0. The average Bonchev–Trinajstić information content (AvgIpc) is 2.67. The molecule has 0 saturated heterocycles. The van der Waals surface area contributed by atoms with Crippen molar-refractivity contribution in [3.8, 4) is 0 Å². The highest BCUT2D eigenvalue weighted by atomic mass is 16.4. The lowest BCUT2D eigenvalue weighted by molar-refractivity contribution is -0.255. The van der Waals surface area contributed by atoms with Crippen LogP contribution in [0.3, 0.4) is 0 Å². The molecule has 0 aliphatic rings. The molecule has 0 aliphatic heterocycles. The summed E-state index contributed by atoms with van der Waals surface area (Å²) in [6.45, 7) is 3.69. The third-order valence-electron chi connectivity index (χ3n) is 2.46. The molecule has 0 aliphatic carbocycles. The van der Waals surface area contributed by atoms with Gasteiger partial charge in [0.15, 0.2) is 0 Å². The summed E-state index contributed by atoms with van der Waals surface area (Å²) >= 11 is 0. The molecule has 0 amide bonds. The third-order valence-corrected chi connectivity index (χ3v) is 2.46. The van der Waals surface area contributed by atoms with Crippen LogP contribution >= 0.6 is 0 Å². The van der Waals surface area contributed by atoms with Gasteiger partial charge >= 0.3 is 0 Å². The van der Waals surface area contributed by atoms with Crippen molar-refractivity contribution in [2.75, 3.05) is 0 Å². The van der Waals surface area contributed by atoms with E-state index in [9.17, 15) is 9.90 Å². The summed E-state index contributed by atoms with van der Waals surface area (Å²) in [5.74, 6) is -1.21. The number of H-pyrrole nitrogens is 1. The highest BCUT2D eigenvalue weighted by Crippen LogP contribution is 2.23. The van der Waals surface area contributed by atoms with Crippen LogP contribution in [0, 0.1) is 13.8 Å². The quantitative estimate of drug-likeness (QED) is 0.833. The summed E-state index contributed by atoms with van der Waals surface area (Å²) in [4.78, 5) is 10.6. The SMILES string of the molecule is Cc1n[nH]c(C)c1N=Nc1ccc(C(=O)[O-])cc1. The molecule has 18 heavy (non-hydrogen) atoms. The maximum absolute atomic E-state index is 10.6. The first-order valence-corrected chi connectivity index (χ1v) is 5.32. The fourth-order valence-electron chi connectivity index (χ4n) is 1.46. The lowest BCUT2D eigenvalue weighted by Crippen LogP contribution is -2.21. The van der Waals surface area contributed by atoms with Gasteiger partial charge in [0.05, 0.1) is 23.0 Å². The zero-order valence-corrected chi connectivity index (χ0v) is 9.97. The topological polar surface area (TPSA) is 93.5 Å². The van der Waals surface area contributed by atoms with Crippen molar-refractivity contribution in [3.05, 3.63) is 41.2 Å². The maximum atomic E-state index is 10.6. The molecule has 0 unspecified atom stereocenters. The van der Waals surface area contributed by atoms with Crippen molar-refractivity contribution in [2.45, 2.75) is 13.8 Å². The second kappa shape index (κ2) is 4.79. The molecule has 6 heteroatoms. The number of carboxylic acid groups (broad SMARTS) is 1. The highest BCUT2D eigenvalue weighted by molar-refractivity contribution is 5.86. The number of nitrogens with zero attached hydrogens (tertiary/aromatic N) is 3. The minimum atomic E-state index is -1.21. The van der Waals surface area contributed by atoms with Crippen molar-refractivity contribution in [3.63, 3.8) is 0 Å². The third kappa shape index (κ3) is 2.42. The average molecular weight is 243 g/mol. The Labute approximate surface area is 103 Å². The molecule has 6 nitrogen and oxygen atoms in total. The van der Waals surface area contributed by atoms with E-state index >= 15 is 0 Å². The molecule has 0 bridgehead atoms. The van der Waals surface area contributed by atoms with Crippen LogP contribution in [0.15, 0.2) is 34.5 Å². The van der Waals surface area contributed by atoms with Gasteiger partial charge in [0.25, 0.3) is 0 Å². The van der Waals surface area contributed by atoms with Crippen molar-refractivity contribution in [1.29, 1.82) is 0 Å². The van der Waals surface area contributed by atoms with Crippen molar-refractivity contribution < 1.29 is 9.90 Å². The van der Waals surface area contributed by atoms with Gasteiger partial charge < -0.3 is 9.90 Å². The molecule has 1 N–H and O–H groups in total. The molecule has 0 radical (unpaired) electrons. The number of aryl methyl sites for hydroxylation is 2. The number of aromatic amines is 1. The van der Waals surface area contributed by atoms with E-state index in [2.05, 4.69) is 20.4 Å². The Kier molecular flexibility index (Phi) is 3.18. The van der Waals surface area contributed by atoms with Gasteiger partial charge in [-0.25, -0.2) is 0 Å². The van der Waals surface area contributed by atoms with Crippen LogP contribution in [-0.4, -0.2) is 16.2 Å². The zero-order valence-electron chi connectivity index (χ0n) is 9.97.